The molecule has 0 aromatic rings. The molecule has 2 saturated heterocycles. The Balaban J connectivity index is 1.73. The van der Waals surface area contributed by atoms with Crippen LogP contribution in [-0.2, 0) is 9.47 Å². The molecular weight excluding hydrogens is 228 g/mol. The molecule has 2 aliphatic heterocycles. The van der Waals surface area contributed by atoms with Crippen molar-refractivity contribution in [2.75, 3.05) is 79.8 Å². The number of rotatable bonds is 4. The highest BCUT2D eigenvalue weighted by Crippen LogP contribution is 2.09. The van der Waals surface area contributed by atoms with Crippen molar-refractivity contribution in [3.05, 3.63) is 12.2 Å². The van der Waals surface area contributed by atoms with Gasteiger partial charge < -0.3 is 18.4 Å². The van der Waals surface area contributed by atoms with Gasteiger partial charge in [-0.1, -0.05) is 0 Å². The summed E-state index contributed by atoms with van der Waals surface area (Å²) in [5, 5.41) is 0. The molecule has 2 heterocycles. The second-order valence-corrected chi connectivity index (χ2v) is 6.19. The number of hydrogen-bond acceptors (Lipinski definition) is 2. The average Bonchev–Trinajstić information content (AvgIpc) is 2.37. The predicted molar refractivity (Wildman–Crippen MR) is 72.3 cm³/mol. The van der Waals surface area contributed by atoms with E-state index < -0.39 is 0 Å². The summed E-state index contributed by atoms with van der Waals surface area (Å²) in [7, 11) is 4.66. The van der Waals surface area contributed by atoms with Crippen LogP contribution in [0, 0.1) is 0 Å². The molecule has 18 heavy (non-hydrogen) atoms. The molecule has 0 aliphatic carbocycles. The highest BCUT2D eigenvalue weighted by atomic mass is 16.5. The van der Waals surface area contributed by atoms with Gasteiger partial charge in [0.1, 0.15) is 26.2 Å². The summed E-state index contributed by atoms with van der Waals surface area (Å²) in [6.45, 7) is 10.5. The second-order valence-electron chi connectivity index (χ2n) is 6.19. The Hall–Kier alpha value is -0.420. The number of quaternary nitrogens is 2. The molecule has 0 amide bonds. The molecule has 0 aromatic carbocycles. The van der Waals surface area contributed by atoms with Crippen LogP contribution in [0.4, 0.5) is 0 Å². The lowest BCUT2D eigenvalue weighted by atomic mass is 10.3. The van der Waals surface area contributed by atoms with Crippen molar-refractivity contribution in [1.29, 1.82) is 0 Å². The molecule has 0 unspecified atom stereocenters. The van der Waals surface area contributed by atoms with Gasteiger partial charge in [-0.2, -0.15) is 0 Å². The third kappa shape index (κ3) is 4.05. The molecule has 0 saturated carbocycles. The predicted octanol–water partition coefficient (Wildman–Crippen LogP) is 0.496. The van der Waals surface area contributed by atoms with E-state index in [1.807, 2.05) is 0 Å². The minimum atomic E-state index is 0.912. The molecule has 4 nitrogen and oxygen atoms in total. The van der Waals surface area contributed by atoms with Crippen molar-refractivity contribution in [1.82, 2.24) is 0 Å². The Labute approximate surface area is 111 Å². The van der Waals surface area contributed by atoms with Crippen LogP contribution in [0.25, 0.3) is 0 Å². The molecule has 2 rings (SSSR count). The fourth-order valence-corrected chi connectivity index (χ4v) is 2.59. The average molecular weight is 256 g/mol. The molecule has 0 bridgehead atoms. The molecule has 104 valence electrons. The highest BCUT2D eigenvalue weighted by Gasteiger charge is 2.25. The van der Waals surface area contributed by atoms with E-state index in [0.29, 0.717) is 0 Å². The van der Waals surface area contributed by atoms with Gasteiger partial charge in [-0.05, 0) is 12.2 Å². The van der Waals surface area contributed by atoms with Crippen molar-refractivity contribution in [2.45, 2.75) is 0 Å². The lowest BCUT2D eigenvalue weighted by Gasteiger charge is -2.37. The Morgan fingerprint density at radius 1 is 0.722 bits per heavy atom. The number of likely N-dealkylation sites (N-methyl/N-ethyl adjacent to an activating group) is 2. The van der Waals surface area contributed by atoms with Crippen molar-refractivity contribution in [3.8, 4) is 0 Å². The Bertz CT molecular complexity index is 252. The summed E-state index contributed by atoms with van der Waals surface area (Å²) in [6.07, 6.45) is 4.73. The van der Waals surface area contributed by atoms with E-state index in [4.69, 9.17) is 9.47 Å². The van der Waals surface area contributed by atoms with E-state index in [0.717, 1.165) is 74.7 Å². The minimum absolute atomic E-state index is 0.912. The molecular formula is C14H28N2O2+2. The van der Waals surface area contributed by atoms with Crippen LogP contribution in [0.5, 0.6) is 0 Å². The first-order valence-electron chi connectivity index (χ1n) is 7.10. The Morgan fingerprint density at radius 3 is 1.39 bits per heavy atom. The van der Waals surface area contributed by atoms with Gasteiger partial charge in [0.15, 0.2) is 0 Å². The van der Waals surface area contributed by atoms with E-state index in [-0.39, 0.29) is 0 Å². The monoisotopic (exact) mass is 256 g/mol. The smallest absolute Gasteiger partial charge is 0.102 e. The van der Waals surface area contributed by atoms with Gasteiger partial charge in [0.2, 0.25) is 0 Å². The number of morpholine rings is 2. The number of ether oxygens (including phenoxy) is 2. The van der Waals surface area contributed by atoms with Crippen LogP contribution in [0.3, 0.4) is 0 Å². The first kappa shape index (κ1) is 14.0. The third-order valence-corrected chi connectivity index (χ3v) is 4.36. The molecule has 0 N–H and O–H groups in total. The molecule has 0 aromatic heterocycles. The maximum absolute atomic E-state index is 5.43. The van der Waals surface area contributed by atoms with E-state index >= 15 is 0 Å². The lowest BCUT2D eigenvalue weighted by molar-refractivity contribution is -0.913. The van der Waals surface area contributed by atoms with Crippen molar-refractivity contribution >= 4 is 0 Å². The molecule has 0 radical (unpaired) electrons. The zero-order valence-corrected chi connectivity index (χ0v) is 11.9. The Morgan fingerprint density at radius 2 is 1.06 bits per heavy atom. The van der Waals surface area contributed by atoms with E-state index in [1.165, 1.54) is 0 Å². The highest BCUT2D eigenvalue weighted by molar-refractivity contribution is 4.82. The van der Waals surface area contributed by atoms with Crippen LogP contribution in [0.1, 0.15) is 0 Å². The van der Waals surface area contributed by atoms with Gasteiger partial charge in [-0.3, -0.25) is 0 Å². The zero-order chi connectivity index (χ0) is 12.9. The van der Waals surface area contributed by atoms with Gasteiger partial charge in [0, 0.05) is 0 Å². The van der Waals surface area contributed by atoms with Crippen LogP contribution < -0.4 is 0 Å². The van der Waals surface area contributed by atoms with Crippen LogP contribution in [0.2, 0.25) is 0 Å². The van der Waals surface area contributed by atoms with Crippen LogP contribution in [0.15, 0.2) is 12.2 Å². The number of hydrogen-bond donors (Lipinski definition) is 0. The van der Waals surface area contributed by atoms with Gasteiger partial charge in [-0.25, -0.2) is 0 Å². The van der Waals surface area contributed by atoms with Gasteiger partial charge in [0.05, 0.1) is 53.6 Å². The summed E-state index contributed by atoms with van der Waals surface area (Å²) in [5.41, 5.74) is 0. The zero-order valence-electron chi connectivity index (χ0n) is 11.9. The van der Waals surface area contributed by atoms with Crippen LogP contribution >= 0.6 is 0 Å². The lowest BCUT2D eigenvalue weighted by Crippen LogP contribution is -2.52. The maximum atomic E-state index is 5.43. The molecule has 2 fully saturated rings. The molecule has 0 atom stereocenters. The van der Waals surface area contributed by atoms with E-state index in [2.05, 4.69) is 26.2 Å². The van der Waals surface area contributed by atoms with Crippen molar-refractivity contribution in [3.63, 3.8) is 0 Å². The normalized spacial score (nSPS) is 27.4. The van der Waals surface area contributed by atoms with Crippen molar-refractivity contribution < 1.29 is 18.4 Å². The quantitative estimate of drug-likeness (QED) is 0.538. The van der Waals surface area contributed by atoms with Gasteiger partial charge in [-0.15, -0.1) is 0 Å². The summed E-state index contributed by atoms with van der Waals surface area (Å²) in [5.74, 6) is 0. The summed E-state index contributed by atoms with van der Waals surface area (Å²) < 4.78 is 13.1. The first-order chi connectivity index (χ1) is 8.62. The fraction of sp³-hybridized carbons (Fsp3) is 0.857. The largest absolute Gasteiger partial charge is 0.370 e. The molecule has 0 spiro atoms. The molecule has 2 aliphatic rings. The molecule has 4 heteroatoms. The van der Waals surface area contributed by atoms with E-state index in [9.17, 15) is 0 Å². The fourth-order valence-electron chi connectivity index (χ4n) is 2.59. The summed E-state index contributed by atoms with van der Waals surface area (Å²) in [6, 6.07) is 0. The maximum Gasteiger partial charge on any atom is 0.102 e. The van der Waals surface area contributed by atoms with E-state index in [1.54, 1.807) is 0 Å². The van der Waals surface area contributed by atoms with Crippen LogP contribution in [-0.4, -0.2) is 88.8 Å². The van der Waals surface area contributed by atoms with Gasteiger partial charge >= 0.3 is 0 Å². The summed E-state index contributed by atoms with van der Waals surface area (Å²) >= 11 is 0. The third-order valence-electron chi connectivity index (χ3n) is 4.36. The minimum Gasteiger partial charge on any atom is -0.370 e. The second kappa shape index (κ2) is 6.15. The Kier molecular flexibility index (Phi) is 4.78. The standard InChI is InChI=1S/C14H28N2O2/c1-15(7-11-17-12-8-15)5-3-4-6-16(2)9-13-18-14-10-16/h3-4H,5-14H2,1-2H3/q+2/b4-3-. The summed E-state index contributed by atoms with van der Waals surface area (Å²) in [4.78, 5) is 0. The number of nitrogens with zero attached hydrogens (tertiary/aromatic N) is 2. The topological polar surface area (TPSA) is 18.5 Å². The van der Waals surface area contributed by atoms with Crippen molar-refractivity contribution in [2.24, 2.45) is 0 Å². The van der Waals surface area contributed by atoms with Gasteiger partial charge in [0.25, 0.3) is 0 Å². The first-order valence-corrected chi connectivity index (χ1v) is 7.10. The SMILES string of the molecule is C[N+]1(C/C=C\C[N+]2(C)CCOCC2)CCOCC1.